The molecule has 0 amide bonds. The van der Waals surface area contributed by atoms with Crippen molar-refractivity contribution in [1.29, 1.82) is 0 Å². The van der Waals surface area contributed by atoms with Gasteiger partial charge in [0.2, 0.25) is 0 Å². The van der Waals surface area contributed by atoms with Crippen LogP contribution in [0.5, 0.6) is 11.5 Å². The molecular weight excluding hydrogens is 286 g/mol. The molecule has 2 rings (SSSR count). The van der Waals surface area contributed by atoms with Crippen LogP contribution in [0.1, 0.15) is 16.5 Å². The smallest absolute Gasteiger partial charge is 0.131 e. The van der Waals surface area contributed by atoms with Crippen LogP contribution in [0.2, 0.25) is 0 Å². The maximum atomic E-state index is 14.0. The van der Waals surface area contributed by atoms with Crippen molar-refractivity contribution in [3.05, 3.63) is 59.2 Å². The van der Waals surface area contributed by atoms with Gasteiger partial charge in [0.05, 0.1) is 19.6 Å². The van der Waals surface area contributed by atoms with E-state index in [0.29, 0.717) is 17.1 Å². The molecule has 20 heavy (non-hydrogen) atoms. The van der Waals surface area contributed by atoms with E-state index in [1.54, 1.807) is 6.07 Å². The summed E-state index contributed by atoms with van der Waals surface area (Å²) in [5.74, 6) is -0.182. The van der Waals surface area contributed by atoms with E-state index in [0.717, 1.165) is 0 Å². The highest BCUT2D eigenvalue weighted by molar-refractivity contribution is 6.22. The molecule has 0 aliphatic heterocycles. The van der Waals surface area contributed by atoms with Gasteiger partial charge >= 0.3 is 0 Å². The molecule has 0 aliphatic rings. The fourth-order valence-electron chi connectivity index (χ4n) is 1.91. The Hall–Kier alpha value is -1.81. The second kappa shape index (κ2) is 6.09. The summed E-state index contributed by atoms with van der Waals surface area (Å²) in [6.45, 7) is 0. The lowest BCUT2D eigenvalue weighted by atomic mass is 10.0. The van der Waals surface area contributed by atoms with Crippen LogP contribution in [0.3, 0.4) is 0 Å². The minimum absolute atomic E-state index is 0.233. The van der Waals surface area contributed by atoms with Crippen molar-refractivity contribution >= 4 is 11.6 Å². The topological polar surface area (TPSA) is 18.5 Å². The van der Waals surface area contributed by atoms with Crippen LogP contribution in [-0.2, 0) is 0 Å². The van der Waals surface area contributed by atoms with Crippen molar-refractivity contribution in [1.82, 2.24) is 0 Å². The molecule has 1 unspecified atom stereocenters. The third-order valence-corrected chi connectivity index (χ3v) is 3.42. The van der Waals surface area contributed by atoms with E-state index in [9.17, 15) is 8.78 Å². The average Bonchev–Trinajstić information content (AvgIpc) is 2.46. The number of benzene rings is 2. The Morgan fingerprint density at radius 2 is 1.70 bits per heavy atom. The third kappa shape index (κ3) is 2.85. The van der Waals surface area contributed by atoms with E-state index in [4.69, 9.17) is 21.1 Å². The molecule has 0 heterocycles. The van der Waals surface area contributed by atoms with Crippen LogP contribution in [0, 0.1) is 11.6 Å². The van der Waals surface area contributed by atoms with E-state index < -0.39 is 17.0 Å². The molecule has 0 fully saturated rings. The Kier molecular flexibility index (Phi) is 4.45. The molecule has 0 spiro atoms. The summed E-state index contributed by atoms with van der Waals surface area (Å²) in [6.07, 6.45) is 0. The molecule has 106 valence electrons. The number of halogens is 3. The first-order valence-electron chi connectivity index (χ1n) is 5.87. The van der Waals surface area contributed by atoms with Crippen molar-refractivity contribution in [2.75, 3.05) is 14.2 Å². The number of rotatable bonds is 4. The van der Waals surface area contributed by atoms with Gasteiger partial charge in [-0.05, 0) is 24.3 Å². The molecule has 2 aromatic rings. The van der Waals surface area contributed by atoms with Crippen LogP contribution in [-0.4, -0.2) is 14.2 Å². The molecule has 0 aliphatic carbocycles. The van der Waals surface area contributed by atoms with Crippen molar-refractivity contribution in [3.8, 4) is 11.5 Å². The largest absolute Gasteiger partial charge is 0.497 e. The predicted molar refractivity (Wildman–Crippen MR) is 73.6 cm³/mol. The highest BCUT2D eigenvalue weighted by Gasteiger charge is 2.20. The Bertz CT molecular complexity index is 617. The molecule has 2 aromatic carbocycles. The molecule has 5 heteroatoms. The fourth-order valence-corrected chi connectivity index (χ4v) is 2.26. The van der Waals surface area contributed by atoms with E-state index in [1.807, 2.05) is 0 Å². The summed E-state index contributed by atoms with van der Waals surface area (Å²) < 4.78 is 37.4. The van der Waals surface area contributed by atoms with Crippen molar-refractivity contribution < 1.29 is 18.3 Å². The maximum Gasteiger partial charge on any atom is 0.131 e. The van der Waals surface area contributed by atoms with Gasteiger partial charge in [-0.25, -0.2) is 8.78 Å². The third-order valence-electron chi connectivity index (χ3n) is 2.95. The number of hydrogen-bond donors (Lipinski definition) is 0. The minimum Gasteiger partial charge on any atom is -0.497 e. The first-order chi connectivity index (χ1) is 9.56. The van der Waals surface area contributed by atoms with E-state index >= 15 is 0 Å². The van der Waals surface area contributed by atoms with Gasteiger partial charge in [-0.2, -0.15) is 0 Å². The Labute approximate surface area is 120 Å². The summed E-state index contributed by atoms with van der Waals surface area (Å²) in [7, 11) is 2.90. The summed E-state index contributed by atoms with van der Waals surface area (Å²) in [5, 5.41) is -0.855. The quantitative estimate of drug-likeness (QED) is 0.783. The second-order valence-electron chi connectivity index (χ2n) is 4.14. The standard InChI is InChI=1S/C15H13ClF2O2/c1-19-10-4-5-11(13(18)8-10)15(16)12-7-9(17)3-6-14(12)20-2/h3-8,15H,1-2H3. The lowest BCUT2D eigenvalue weighted by Gasteiger charge is -2.15. The highest BCUT2D eigenvalue weighted by Crippen LogP contribution is 2.37. The number of hydrogen-bond acceptors (Lipinski definition) is 2. The lowest BCUT2D eigenvalue weighted by Crippen LogP contribution is -2.01. The van der Waals surface area contributed by atoms with Gasteiger partial charge < -0.3 is 9.47 Å². The first-order valence-corrected chi connectivity index (χ1v) is 6.31. The van der Waals surface area contributed by atoms with Crippen LogP contribution in [0.25, 0.3) is 0 Å². The summed E-state index contributed by atoms with van der Waals surface area (Å²) in [4.78, 5) is 0. The molecule has 0 radical (unpaired) electrons. The number of methoxy groups -OCH3 is 2. The maximum absolute atomic E-state index is 14.0. The first kappa shape index (κ1) is 14.6. The molecule has 1 atom stereocenters. The van der Waals surface area contributed by atoms with Crippen LogP contribution in [0.15, 0.2) is 36.4 Å². The number of alkyl halides is 1. The zero-order chi connectivity index (χ0) is 14.7. The molecular formula is C15H13ClF2O2. The second-order valence-corrected chi connectivity index (χ2v) is 4.57. The van der Waals surface area contributed by atoms with Crippen LogP contribution >= 0.6 is 11.6 Å². The Morgan fingerprint density at radius 3 is 2.30 bits per heavy atom. The van der Waals surface area contributed by atoms with Gasteiger partial charge in [0, 0.05) is 17.2 Å². The van der Waals surface area contributed by atoms with Gasteiger partial charge in [0.15, 0.2) is 0 Å². The monoisotopic (exact) mass is 298 g/mol. The molecule has 0 N–H and O–H groups in total. The SMILES string of the molecule is COc1ccc(C(Cl)c2cc(F)ccc2OC)c(F)c1. The number of ether oxygens (including phenoxy) is 2. The molecule has 0 saturated carbocycles. The molecule has 0 aromatic heterocycles. The summed E-state index contributed by atoms with van der Waals surface area (Å²) in [6, 6.07) is 8.30. The zero-order valence-electron chi connectivity index (χ0n) is 11.0. The van der Waals surface area contributed by atoms with Gasteiger partial charge in [-0.15, -0.1) is 11.6 Å². The van der Waals surface area contributed by atoms with E-state index in [2.05, 4.69) is 0 Å². The minimum atomic E-state index is -0.855. The van der Waals surface area contributed by atoms with Crippen LogP contribution < -0.4 is 9.47 Å². The van der Waals surface area contributed by atoms with E-state index in [-0.39, 0.29) is 5.56 Å². The Morgan fingerprint density at radius 1 is 0.950 bits per heavy atom. The highest BCUT2D eigenvalue weighted by atomic mass is 35.5. The van der Waals surface area contributed by atoms with Crippen molar-refractivity contribution in [3.63, 3.8) is 0 Å². The Balaban J connectivity index is 2.45. The van der Waals surface area contributed by atoms with Crippen LogP contribution in [0.4, 0.5) is 8.78 Å². The van der Waals surface area contributed by atoms with Gasteiger partial charge in [-0.3, -0.25) is 0 Å². The van der Waals surface area contributed by atoms with Crippen molar-refractivity contribution in [2.24, 2.45) is 0 Å². The lowest BCUT2D eigenvalue weighted by molar-refractivity contribution is 0.407. The molecule has 0 bridgehead atoms. The van der Waals surface area contributed by atoms with Crippen molar-refractivity contribution in [2.45, 2.75) is 5.38 Å². The van der Waals surface area contributed by atoms with E-state index in [1.165, 1.54) is 44.6 Å². The normalized spacial score (nSPS) is 12.1. The molecule has 0 saturated heterocycles. The predicted octanol–water partition coefficient (Wildman–Crippen LogP) is 4.31. The average molecular weight is 299 g/mol. The summed E-state index contributed by atoms with van der Waals surface area (Å²) in [5.41, 5.74) is 0.606. The van der Waals surface area contributed by atoms with Gasteiger partial charge in [0.1, 0.15) is 23.1 Å². The zero-order valence-corrected chi connectivity index (χ0v) is 11.7. The van der Waals surface area contributed by atoms with Gasteiger partial charge in [0.25, 0.3) is 0 Å². The molecule has 2 nitrogen and oxygen atoms in total. The summed E-state index contributed by atoms with van der Waals surface area (Å²) >= 11 is 6.26. The van der Waals surface area contributed by atoms with Gasteiger partial charge in [-0.1, -0.05) is 6.07 Å². The fraction of sp³-hybridized carbons (Fsp3) is 0.200.